The van der Waals surface area contributed by atoms with Crippen LogP contribution >= 0.6 is 0 Å². The molecule has 1 aromatic heterocycles. The van der Waals surface area contributed by atoms with Crippen LogP contribution in [-0.2, 0) is 6.54 Å². The number of nitrogens with zero attached hydrogens (tertiary/aromatic N) is 1. The minimum absolute atomic E-state index is 0.259. The first kappa shape index (κ1) is 13.9. The molecule has 1 amide bonds. The number of amides is 1. The summed E-state index contributed by atoms with van der Waals surface area (Å²) in [6.07, 6.45) is 0. The van der Waals surface area contributed by atoms with Crippen LogP contribution < -0.4 is 14.8 Å². The Balaban J connectivity index is 2.05. The average Bonchev–Trinajstić information content (AvgIpc) is 2.91. The van der Waals surface area contributed by atoms with E-state index in [1.165, 1.54) is 0 Å². The van der Waals surface area contributed by atoms with Crippen LogP contribution in [0.4, 0.5) is 0 Å². The molecule has 6 heteroatoms. The highest BCUT2D eigenvalue weighted by molar-refractivity contribution is 5.92. The van der Waals surface area contributed by atoms with E-state index in [0.29, 0.717) is 23.8 Å². The Labute approximate surface area is 116 Å². The Hall–Kier alpha value is -2.50. The van der Waals surface area contributed by atoms with Crippen molar-refractivity contribution in [2.75, 3.05) is 14.2 Å². The highest BCUT2D eigenvalue weighted by Crippen LogP contribution is 2.24. The van der Waals surface area contributed by atoms with E-state index in [4.69, 9.17) is 14.0 Å². The standard InChI is InChI=1S/C14H16N2O4/c1-9-6-12(16-20-9)14(17)15-8-10-4-5-11(18-2)7-13(10)19-3/h4-7H,8H2,1-3H3,(H,15,17). The van der Waals surface area contributed by atoms with Gasteiger partial charge >= 0.3 is 0 Å². The van der Waals surface area contributed by atoms with Gasteiger partial charge in [0.2, 0.25) is 0 Å². The summed E-state index contributed by atoms with van der Waals surface area (Å²) in [6, 6.07) is 7.00. The predicted octanol–water partition coefficient (Wildman–Crippen LogP) is 1.93. The fourth-order valence-electron chi connectivity index (χ4n) is 1.74. The van der Waals surface area contributed by atoms with Gasteiger partial charge in [0.25, 0.3) is 5.91 Å². The van der Waals surface area contributed by atoms with E-state index in [2.05, 4.69) is 10.5 Å². The van der Waals surface area contributed by atoms with Gasteiger partial charge in [0, 0.05) is 24.2 Å². The Morgan fingerprint density at radius 3 is 2.70 bits per heavy atom. The summed E-state index contributed by atoms with van der Waals surface area (Å²) in [7, 11) is 3.16. The summed E-state index contributed by atoms with van der Waals surface area (Å²) in [4.78, 5) is 11.9. The largest absolute Gasteiger partial charge is 0.497 e. The zero-order valence-electron chi connectivity index (χ0n) is 11.6. The average molecular weight is 276 g/mol. The van der Waals surface area contributed by atoms with Gasteiger partial charge in [-0.15, -0.1) is 0 Å². The molecule has 0 atom stereocenters. The van der Waals surface area contributed by atoms with Gasteiger partial charge in [-0.25, -0.2) is 0 Å². The third-order valence-electron chi connectivity index (χ3n) is 2.79. The number of rotatable bonds is 5. The highest BCUT2D eigenvalue weighted by Gasteiger charge is 2.12. The first-order valence-electron chi connectivity index (χ1n) is 6.06. The molecule has 1 aromatic carbocycles. The lowest BCUT2D eigenvalue weighted by Gasteiger charge is -2.10. The van der Waals surface area contributed by atoms with Crippen molar-refractivity contribution in [2.45, 2.75) is 13.5 Å². The van der Waals surface area contributed by atoms with Crippen LogP contribution in [0.25, 0.3) is 0 Å². The lowest BCUT2D eigenvalue weighted by atomic mass is 10.2. The van der Waals surface area contributed by atoms with Crippen LogP contribution in [0.3, 0.4) is 0 Å². The van der Waals surface area contributed by atoms with Crippen molar-refractivity contribution >= 4 is 5.91 Å². The van der Waals surface area contributed by atoms with Crippen LogP contribution in [0, 0.1) is 6.92 Å². The first-order valence-corrected chi connectivity index (χ1v) is 6.06. The maximum atomic E-state index is 11.9. The molecule has 0 fully saturated rings. The molecule has 0 bridgehead atoms. The summed E-state index contributed by atoms with van der Waals surface area (Å²) in [6.45, 7) is 2.06. The summed E-state index contributed by atoms with van der Waals surface area (Å²) >= 11 is 0. The summed E-state index contributed by atoms with van der Waals surface area (Å²) in [5, 5.41) is 6.42. The number of aryl methyl sites for hydroxylation is 1. The minimum Gasteiger partial charge on any atom is -0.497 e. The zero-order chi connectivity index (χ0) is 14.5. The molecule has 2 rings (SSSR count). The van der Waals surface area contributed by atoms with Crippen molar-refractivity contribution in [2.24, 2.45) is 0 Å². The van der Waals surface area contributed by atoms with Crippen molar-refractivity contribution in [1.29, 1.82) is 0 Å². The molecule has 20 heavy (non-hydrogen) atoms. The fourth-order valence-corrected chi connectivity index (χ4v) is 1.74. The molecule has 0 aliphatic heterocycles. The SMILES string of the molecule is COc1ccc(CNC(=O)c2cc(C)on2)c(OC)c1. The molecular formula is C14H16N2O4. The third-order valence-corrected chi connectivity index (χ3v) is 2.79. The van der Waals surface area contributed by atoms with Gasteiger partial charge in [-0.1, -0.05) is 5.16 Å². The molecule has 0 saturated heterocycles. The Kier molecular flexibility index (Phi) is 4.24. The van der Waals surface area contributed by atoms with E-state index >= 15 is 0 Å². The zero-order valence-corrected chi connectivity index (χ0v) is 11.6. The van der Waals surface area contributed by atoms with Gasteiger partial charge in [0.05, 0.1) is 14.2 Å². The minimum atomic E-state index is -0.292. The molecule has 0 unspecified atom stereocenters. The topological polar surface area (TPSA) is 73.6 Å². The van der Waals surface area contributed by atoms with Crippen molar-refractivity contribution in [3.05, 3.63) is 41.3 Å². The summed E-state index contributed by atoms with van der Waals surface area (Å²) in [5.74, 6) is 1.65. The Morgan fingerprint density at radius 1 is 1.30 bits per heavy atom. The van der Waals surface area contributed by atoms with Crippen LogP contribution in [0.15, 0.2) is 28.8 Å². The quantitative estimate of drug-likeness (QED) is 0.903. The monoisotopic (exact) mass is 276 g/mol. The highest BCUT2D eigenvalue weighted by atomic mass is 16.5. The smallest absolute Gasteiger partial charge is 0.273 e. The predicted molar refractivity (Wildman–Crippen MR) is 72.0 cm³/mol. The molecule has 2 aromatic rings. The number of hydrogen-bond donors (Lipinski definition) is 1. The summed E-state index contributed by atoms with van der Waals surface area (Å²) in [5.41, 5.74) is 1.11. The number of aromatic nitrogens is 1. The lowest BCUT2D eigenvalue weighted by molar-refractivity contribution is 0.0941. The Morgan fingerprint density at radius 2 is 2.10 bits per heavy atom. The molecule has 0 saturated carbocycles. The third kappa shape index (κ3) is 3.09. The Bertz CT molecular complexity index is 607. The van der Waals surface area contributed by atoms with E-state index in [1.807, 2.05) is 12.1 Å². The molecule has 1 N–H and O–H groups in total. The normalized spacial score (nSPS) is 10.2. The van der Waals surface area contributed by atoms with E-state index in [1.54, 1.807) is 33.3 Å². The van der Waals surface area contributed by atoms with E-state index in [0.717, 1.165) is 5.56 Å². The van der Waals surface area contributed by atoms with E-state index < -0.39 is 0 Å². The van der Waals surface area contributed by atoms with Crippen LogP contribution in [0.2, 0.25) is 0 Å². The molecule has 0 aliphatic rings. The van der Waals surface area contributed by atoms with Crippen molar-refractivity contribution in [1.82, 2.24) is 10.5 Å². The molecule has 0 spiro atoms. The molecule has 6 nitrogen and oxygen atoms in total. The molecule has 106 valence electrons. The van der Waals surface area contributed by atoms with Gasteiger partial charge in [-0.05, 0) is 19.1 Å². The second kappa shape index (κ2) is 6.10. The number of nitrogens with one attached hydrogen (secondary N) is 1. The number of ether oxygens (including phenoxy) is 2. The first-order chi connectivity index (χ1) is 9.63. The molecular weight excluding hydrogens is 260 g/mol. The lowest BCUT2D eigenvalue weighted by Crippen LogP contribution is -2.23. The second-order valence-electron chi connectivity index (χ2n) is 4.18. The maximum absolute atomic E-state index is 11.9. The number of carbonyl (C=O) groups excluding carboxylic acids is 1. The number of methoxy groups -OCH3 is 2. The van der Waals surface area contributed by atoms with Gasteiger partial charge in [-0.2, -0.15) is 0 Å². The van der Waals surface area contributed by atoms with E-state index in [-0.39, 0.29) is 11.6 Å². The molecule has 0 radical (unpaired) electrons. The van der Waals surface area contributed by atoms with Crippen molar-refractivity contribution in [3.8, 4) is 11.5 Å². The number of benzene rings is 1. The van der Waals surface area contributed by atoms with Crippen molar-refractivity contribution < 1.29 is 18.8 Å². The molecule has 0 aliphatic carbocycles. The van der Waals surface area contributed by atoms with Gasteiger partial charge in [-0.3, -0.25) is 4.79 Å². The van der Waals surface area contributed by atoms with E-state index in [9.17, 15) is 4.79 Å². The van der Waals surface area contributed by atoms with Crippen LogP contribution in [-0.4, -0.2) is 25.3 Å². The van der Waals surface area contributed by atoms with Crippen molar-refractivity contribution in [3.63, 3.8) is 0 Å². The van der Waals surface area contributed by atoms with Gasteiger partial charge < -0.3 is 19.3 Å². The fraction of sp³-hybridized carbons (Fsp3) is 0.286. The van der Waals surface area contributed by atoms with Crippen LogP contribution in [0.5, 0.6) is 11.5 Å². The number of carbonyl (C=O) groups is 1. The van der Waals surface area contributed by atoms with Crippen LogP contribution in [0.1, 0.15) is 21.8 Å². The maximum Gasteiger partial charge on any atom is 0.273 e. The van der Waals surface area contributed by atoms with Gasteiger partial charge in [0.1, 0.15) is 17.3 Å². The second-order valence-corrected chi connectivity index (χ2v) is 4.18. The van der Waals surface area contributed by atoms with Gasteiger partial charge in [0.15, 0.2) is 5.69 Å². The number of hydrogen-bond acceptors (Lipinski definition) is 5. The summed E-state index contributed by atoms with van der Waals surface area (Å²) < 4.78 is 15.2. The molecule has 1 heterocycles.